The van der Waals surface area contributed by atoms with Gasteiger partial charge in [-0.2, -0.15) is 4.98 Å². The Balaban J connectivity index is 1.52. The van der Waals surface area contributed by atoms with E-state index >= 15 is 0 Å². The van der Waals surface area contributed by atoms with Gasteiger partial charge in [-0.25, -0.2) is 9.50 Å². The van der Waals surface area contributed by atoms with Gasteiger partial charge in [0.25, 0.3) is 5.78 Å². The van der Waals surface area contributed by atoms with Crippen LogP contribution in [0.25, 0.3) is 5.78 Å². The second kappa shape index (κ2) is 8.91. The van der Waals surface area contributed by atoms with E-state index in [-0.39, 0.29) is 31.2 Å². The van der Waals surface area contributed by atoms with Crippen molar-refractivity contribution in [3.05, 3.63) is 54.1 Å². The van der Waals surface area contributed by atoms with Gasteiger partial charge in [-0.05, 0) is 37.3 Å². The van der Waals surface area contributed by atoms with E-state index in [1.807, 2.05) is 6.92 Å². The van der Waals surface area contributed by atoms with E-state index in [1.165, 1.54) is 16.6 Å². The molecule has 3 N–H and O–H groups in total. The molecule has 0 bridgehead atoms. The van der Waals surface area contributed by atoms with Gasteiger partial charge in [0, 0.05) is 43.2 Å². The number of nitrogens with one attached hydrogen (secondary N) is 1. The third kappa shape index (κ3) is 5.12. The zero-order chi connectivity index (χ0) is 20.8. The van der Waals surface area contributed by atoms with Crippen molar-refractivity contribution >= 4 is 29.2 Å². The Morgan fingerprint density at radius 1 is 1.21 bits per heavy atom. The molecule has 0 aliphatic carbocycles. The Bertz CT molecular complexity index is 997. The molecule has 0 atom stereocenters. The van der Waals surface area contributed by atoms with Gasteiger partial charge < -0.3 is 16.0 Å². The largest absolute Gasteiger partial charge is 0.366 e. The molecule has 2 aromatic heterocycles. The number of carbonyl (C=O) groups is 3. The van der Waals surface area contributed by atoms with Crippen molar-refractivity contribution in [3.63, 3.8) is 0 Å². The number of likely N-dealkylation sites (N-methyl/N-ethyl adjacent to an activating group) is 1. The summed E-state index contributed by atoms with van der Waals surface area (Å²) in [5, 5.41) is 6.95. The highest BCUT2D eigenvalue weighted by Gasteiger charge is 2.17. The Labute approximate surface area is 166 Å². The molecule has 3 aromatic rings. The van der Waals surface area contributed by atoms with Crippen molar-refractivity contribution in [1.82, 2.24) is 24.5 Å². The molecular weight excluding hydrogens is 374 g/mol. The number of hydrogen-bond donors (Lipinski definition) is 2. The Morgan fingerprint density at radius 2 is 1.97 bits per heavy atom. The van der Waals surface area contributed by atoms with Gasteiger partial charge in [0.1, 0.15) is 0 Å². The third-order valence-corrected chi connectivity index (χ3v) is 4.27. The summed E-state index contributed by atoms with van der Waals surface area (Å²) in [7, 11) is 0. The molecule has 0 aliphatic rings. The van der Waals surface area contributed by atoms with Crippen LogP contribution in [0.15, 0.2) is 42.7 Å². The van der Waals surface area contributed by atoms with Gasteiger partial charge in [0.15, 0.2) is 5.82 Å². The predicted molar refractivity (Wildman–Crippen MR) is 105 cm³/mol. The fourth-order valence-corrected chi connectivity index (χ4v) is 2.73. The molecule has 3 rings (SSSR count). The van der Waals surface area contributed by atoms with E-state index in [2.05, 4.69) is 20.4 Å². The van der Waals surface area contributed by atoms with Crippen molar-refractivity contribution in [1.29, 1.82) is 0 Å². The van der Waals surface area contributed by atoms with Crippen LogP contribution in [0.1, 0.15) is 29.5 Å². The van der Waals surface area contributed by atoms with Crippen molar-refractivity contribution in [3.8, 4) is 0 Å². The van der Waals surface area contributed by atoms with Crippen LogP contribution >= 0.6 is 0 Å². The zero-order valence-corrected chi connectivity index (χ0v) is 15.9. The summed E-state index contributed by atoms with van der Waals surface area (Å²) < 4.78 is 1.51. The van der Waals surface area contributed by atoms with Crippen LogP contribution in [-0.4, -0.2) is 55.3 Å². The molecule has 10 heteroatoms. The van der Waals surface area contributed by atoms with Crippen LogP contribution in [0.5, 0.6) is 0 Å². The highest BCUT2D eigenvalue weighted by atomic mass is 16.2. The summed E-state index contributed by atoms with van der Waals surface area (Å²) in [4.78, 5) is 45.7. The van der Waals surface area contributed by atoms with Crippen molar-refractivity contribution in [2.45, 2.75) is 19.8 Å². The molecule has 0 saturated carbocycles. The third-order valence-electron chi connectivity index (χ3n) is 4.27. The van der Waals surface area contributed by atoms with Gasteiger partial charge in [-0.15, -0.1) is 5.10 Å². The van der Waals surface area contributed by atoms with Gasteiger partial charge in [-0.3, -0.25) is 14.4 Å². The minimum atomic E-state index is -0.532. The Kier molecular flexibility index (Phi) is 6.12. The fraction of sp³-hybridized carbons (Fsp3) is 0.263. The molecular formula is C19H21N7O3. The monoisotopic (exact) mass is 395 g/mol. The maximum absolute atomic E-state index is 12.5. The van der Waals surface area contributed by atoms with E-state index in [0.717, 1.165) is 0 Å². The van der Waals surface area contributed by atoms with Crippen LogP contribution in [0, 0.1) is 0 Å². The summed E-state index contributed by atoms with van der Waals surface area (Å²) in [5.74, 6) is -0.123. The average molecular weight is 395 g/mol. The van der Waals surface area contributed by atoms with E-state index in [9.17, 15) is 14.4 Å². The number of carbonyl (C=O) groups excluding carboxylic acids is 3. The number of fused-ring (bicyclic) bond motifs is 1. The Hall–Kier alpha value is -3.82. The summed E-state index contributed by atoms with van der Waals surface area (Å²) in [6, 6.07) is 8.01. The first-order valence-electron chi connectivity index (χ1n) is 9.10. The molecule has 1 aromatic carbocycles. The van der Waals surface area contributed by atoms with Crippen molar-refractivity contribution in [2.75, 3.05) is 18.4 Å². The number of anilines is 1. The SMILES string of the molecule is CCN(CCC(=O)Nc1ccc(C(N)=O)cc1)C(=O)Cc1nc2ncccn2n1. The summed E-state index contributed by atoms with van der Waals surface area (Å²) in [5.41, 5.74) is 6.10. The molecule has 0 fully saturated rings. The molecule has 0 radical (unpaired) electrons. The smallest absolute Gasteiger partial charge is 0.252 e. The number of rotatable bonds is 8. The highest BCUT2D eigenvalue weighted by Crippen LogP contribution is 2.10. The van der Waals surface area contributed by atoms with E-state index < -0.39 is 5.91 Å². The van der Waals surface area contributed by atoms with E-state index in [0.29, 0.717) is 29.4 Å². The average Bonchev–Trinajstić information content (AvgIpc) is 3.11. The number of amides is 3. The summed E-state index contributed by atoms with van der Waals surface area (Å²) in [6.07, 6.45) is 3.49. The van der Waals surface area contributed by atoms with Gasteiger partial charge >= 0.3 is 0 Å². The van der Waals surface area contributed by atoms with Crippen LogP contribution in [-0.2, 0) is 16.0 Å². The topological polar surface area (TPSA) is 136 Å². The first-order chi connectivity index (χ1) is 14.0. The van der Waals surface area contributed by atoms with Crippen LogP contribution in [0.3, 0.4) is 0 Å². The second-order valence-electron chi connectivity index (χ2n) is 6.28. The van der Waals surface area contributed by atoms with Gasteiger partial charge in [-0.1, -0.05) is 0 Å². The lowest BCUT2D eigenvalue weighted by molar-refractivity contribution is -0.130. The molecule has 0 spiro atoms. The van der Waals surface area contributed by atoms with Gasteiger partial charge in [0.2, 0.25) is 17.7 Å². The maximum Gasteiger partial charge on any atom is 0.252 e. The van der Waals surface area contributed by atoms with Crippen molar-refractivity contribution in [2.24, 2.45) is 5.73 Å². The van der Waals surface area contributed by atoms with Crippen molar-refractivity contribution < 1.29 is 14.4 Å². The fourth-order valence-electron chi connectivity index (χ4n) is 2.73. The lowest BCUT2D eigenvalue weighted by atomic mass is 10.2. The number of primary amides is 1. The number of nitrogens with two attached hydrogens (primary N) is 1. The normalized spacial score (nSPS) is 10.7. The molecule has 29 heavy (non-hydrogen) atoms. The van der Waals surface area contributed by atoms with Crippen LogP contribution in [0.4, 0.5) is 5.69 Å². The zero-order valence-electron chi connectivity index (χ0n) is 15.9. The lowest BCUT2D eigenvalue weighted by Crippen LogP contribution is -2.35. The minimum Gasteiger partial charge on any atom is -0.366 e. The predicted octanol–water partition coefficient (Wildman–Crippen LogP) is 0.643. The summed E-state index contributed by atoms with van der Waals surface area (Å²) >= 11 is 0. The number of benzene rings is 1. The first kappa shape index (κ1) is 19.9. The Morgan fingerprint density at radius 3 is 2.62 bits per heavy atom. The number of nitrogens with zero attached hydrogens (tertiary/aromatic N) is 5. The summed E-state index contributed by atoms with van der Waals surface area (Å²) in [6.45, 7) is 2.58. The number of aromatic nitrogens is 4. The van der Waals surface area contributed by atoms with Crippen LogP contribution < -0.4 is 11.1 Å². The molecule has 0 aliphatic heterocycles. The molecule has 0 saturated heterocycles. The molecule has 0 unspecified atom stereocenters. The van der Waals surface area contributed by atoms with E-state index in [1.54, 1.807) is 35.5 Å². The molecule has 2 heterocycles. The molecule has 3 amide bonds. The number of hydrogen-bond acceptors (Lipinski definition) is 6. The first-order valence-corrected chi connectivity index (χ1v) is 9.10. The minimum absolute atomic E-state index is 0.0351. The van der Waals surface area contributed by atoms with Gasteiger partial charge in [0.05, 0.1) is 6.42 Å². The molecule has 10 nitrogen and oxygen atoms in total. The molecule has 150 valence electrons. The van der Waals surface area contributed by atoms with Crippen LogP contribution in [0.2, 0.25) is 0 Å². The standard InChI is InChI=1S/C19H21N7O3/c1-2-25(17(28)12-15-23-19-21-9-3-10-26(19)24-15)11-8-16(27)22-14-6-4-13(5-7-14)18(20)29/h3-7,9-10H,2,8,11-12H2,1H3,(H2,20,29)(H,22,27). The quantitative estimate of drug-likeness (QED) is 0.575. The maximum atomic E-state index is 12.5. The van der Waals surface area contributed by atoms with E-state index in [4.69, 9.17) is 5.73 Å². The highest BCUT2D eigenvalue weighted by molar-refractivity contribution is 5.94. The lowest BCUT2D eigenvalue weighted by Gasteiger charge is -2.20. The second-order valence-corrected chi connectivity index (χ2v) is 6.28.